The Morgan fingerprint density at radius 1 is 1.19 bits per heavy atom. The van der Waals surface area contributed by atoms with E-state index in [2.05, 4.69) is 5.32 Å². The van der Waals surface area contributed by atoms with Crippen molar-refractivity contribution in [3.05, 3.63) is 20.4 Å². The molecular weight excluding hydrogens is 206 g/mol. The normalized spacial score (nSPS) is 17.6. The molecule has 0 spiro atoms. The predicted molar refractivity (Wildman–Crippen MR) is 63.0 cm³/mol. The molecule has 0 radical (unpaired) electrons. The Hall–Kier alpha value is -1.32. The molecule has 88 valence electrons. The van der Waals surface area contributed by atoms with Gasteiger partial charge in [0, 0.05) is 6.04 Å². The fourth-order valence-corrected chi connectivity index (χ4v) is 2.23. The number of rotatable bonds is 4. The molecule has 1 aromatic carbocycles. The van der Waals surface area contributed by atoms with Gasteiger partial charge in [0.2, 0.25) is 0 Å². The zero-order valence-corrected chi connectivity index (χ0v) is 9.54. The van der Waals surface area contributed by atoms with Gasteiger partial charge < -0.3 is 10.1 Å². The standard InChI is InChI=1S/C12H17NO3/c1-2-16-12-9(10(14)11(12)15)13-8-6-4-3-5-7-8/h8,13H,2-7H2,1H3. The van der Waals surface area contributed by atoms with Crippen LogP contribution in [0.5, 0.6) is 5.75 Å². The van der Waals surface area contributed by atoms with Crippen molar-refractivity contribution in [2.75, 3.05) is 11.9 Å². The van der Waals surface area contributed by atoms with Crippen molar-refractivity contribution < 1.29 is 4.74 Å². The second kappa shape index (κ2) is 4.68. The molecule has 1 aliphatic carbocycles. The smallest absolute Gasteiger partial charge is 0.272 e. The molecule has 0 bridgehead atoms. The van der Waals surface area contributed by atoms with E-state index in [-0.39, 0.29) is 5.75 Å². The summed E-state index contributed by atoms with van der Waals surface area (Å²) in [5.74, 6) is 0.234. The molecule has 0 unspecified atom stereocenters. The number of hydrogen-bond acceptors (Lipinski definition) is 4. The Morgan fingerprint density at radius 3 is 2.50 bits per heavy atom. The summed E-state index contributed by atoms with van der Waals surface area (Å²) < 4.78 is 5.16. The van der Waals surface area contributed by atoms with Crippen molar-refractivity contribution in [2.24, 2.45) is 0 Å². The molecule has 0 aliphatic heterocycles. The van der Waals surface area contributed by atoms with Crippen LogP contribution in [0.15, 0.2) is 9.59 Å². The Morgan fingerprint density at radius 2 is 1.88 bits per heavy atom. The maximum Gasteiger partial charge on any atom is 0.272 e. The number of hydrogen-bond donors (Lipinski definition) is 1. The molecule has 0 amide bonds. The van der Waals surface area contributed by atoms with Crippen LogP contribution in [0.2, 0.25) is 0 Å². The van der Waals surface area contributed by atoms with E-state index in [1.165, 1.54) is 19.3 Å². The molecule has 0 heterocycles. The molecule has 4 heteroatoms. The van der Waals surface area contributed by atoms with Gasteiger partial charge in [0.05, 0.1) is 6.61 Å². The number of ether oxygens (including phenoxy) is 1. The maximum absolute atomic E-state index is 11.4. The highest BCUT2D eigenvalue weighted by atomic mass is 16.5. The summed E-state index contributed by atoms with van der Waals surface area (Å²) in [4.78, 5) is 22.6. The van der Waals surface area contributed by atoms with Gasteiger partial charge in [-0.15, -0.1) is 0 Å². The highest BCUT2D eigenvalue weighted by molar-refractivity contribution is 5.62. The highest BCUT2D eigenvalue weighted by Crippen LogP contribution is 2.24. The molecule has 16 heavy (non-hydrogen) atoms. The molecule has 1 aliphatic rings. The van der Waals surface area contributed by atoms with Crippen LogP contribution in [0, 0.1) is 0 Å². The topological polar surface area (TPSA) is 55.4 Å². The monoisotopic (exact) mass is 223 g/mol. The van der Waals surface area contributed by atoms with E-state index in [0.717, 1.165) is 12.8 Å². The third-order valence-electron chi connectivity index (χ3n) is 3.11. The summed E-state index contributed by atoms with van der Waals surface area (Å²) in [6.07, 6.45) is 5.80. The minimum Gasteiger partial charge on any atom is -0.488 e. The van der Waals surface area contributed by atoms with E-state index in [1.54, 1.807) is 6.92 Å². The lowest BCUT2D eigenvalue weighted by Crippen LogP contribution is -2.38. The first-order valence-corrected chi connectivity index (χ1v) is 5.96. The molecule has 1 fully saturated rings. The minimum atomic E-state index is -0.486. The summed E-state index contributed by atoms with van der Waals surface area (Å²) in [5.41, 5.74) is -0.507. The molecule has 1 saturated carbocycles. The Labute approximate surface area is 94.3 Å². The van der Waals surface area contributed by atoms with E-state index >= 15 is 0 Å². The van der Waals surface area contributed by atoms with Crippen molar-refractivity contribution >= 4 is 5.69 Å². The van der Waals surface area contributed by atoms with E-state index in [9.17, 15) is 9.59 Å². The van der Waals surface area contributed by atoms with Crippen LogP contribution >= 0.6 is 0 Å². The van der Waals surface area contributed by atoms with Gasteiger partial charge in [-0.1, -0.05) is 19.3 Å². The highest BCUT2D eigenvalue weighted by Gasteiger charge is 2.25. The van der Waals surface area contributed by atoms with Crippen LogP contribution in [-0.2, 0) is 0 Å². The first-order chi connectivity index (χ1) is 7.74. The quantitative estimate of drug-likeness (QED) is 0.784. The average molecular weight is 223 g/mol. The lowest BCUT2D eigenvalue weighted by Gasteiger charge is -2.25. The summed E-state index contributed by atoms with van der Waals surface area (Å²) in [5, 5.41) is 3.15. The van der Waals surface area contributed by atoms with Gasteiger partial charge in [0.15, 0.2) is 5.75 Å². The second-order valence-corrected chi connectivity index (χ2v) is 4.27. The SMILES string of the molecule is CCOc1c(NC2CCCCC2)c(=O)c1=O. The first kappa shape index (κ1) is 11.2. The summed E-state index contributed by atoms with van der Waals surface area (Å²) in [6, 6.07) is 0.330. The van der Waals surface area contributed by atoms with Gasteiger partial charge in [-0.25, -0.2) is 0 Å². The van der Waals surface area contributed by atoms with E-state index in [1.807, 2.05) is 0 Å². The summed E-state index contributed by atoms with van der Waals surface area (Å²) in [7, 11) is 0. The lowest BCUT2D eigenvalue weighted by atomic mass is 9.95. The van der Waals surface area contributed by atoms with E-state index < -0.39 is 10.9 Å². The number of anilines is 1. The third-order valence-corrected chi connectivity index (χ3v) is 3.11. The zero-order chi connectivity index (χ0) is 11.5. The Balaban J connectivity index is 2.06. The molecule has 1 N–H and O–H groups in total. The minimum absolute atomic E-state index is 0.234. The lowest BCUT2D eigenvalue weighted by molar-refractivity contribution is 0.333. The zero-order valence-electron chi connectivity index (χ0n) is 9.54. The fourth-order valence-electron chi connectivity index (χ4n) is 2.23. The van der Waals surface area contributed by atoms with E-state index in [4.69, 9.17) is 4.74 Å². The summed E-state index contributed by atoms with van der Waals surface area (Å²) in [6.45, 7) is 2.23. The molecule has 0 saturated heterocycles. The Bertz CT molecular complexity index is 425. The largest absolute Gasteiger partial charge is 0.488 e. The first-order valence-electron chi connectivity index (χ1n) is 5.96. The number of nitrogens with one attached hydrogen (secondary N) is 1. The van der Waals surface area contributed by atoms with Crippen LogP contribution in [-0.4, -0.2) is 12.6 Å². The molecule has 2 rings (SSSR count). The van der Waals surface area contributed by atoms with Gasteiger partial charge in [-0.3, -0.25) is 9.59 Å². The van der Waals surface area contributed by atoms with Crippen molar-refractivity contribution in [1.82, 2.24) is 0 Å². The van der Waals surface area contributed by atoms with Crippen LogP contribution in [0.4, 0.5) is 5.69 Å². The van der Waals surface area contributed by atoms with Crippen molar-refractivity contribution in [2.45, 2.75) is 45.1 Å². The Kier molecular flexibility index (Phi) is 3.27. The van der Waals surface area contributed by atoms with Crippen LogP contribution in [0.25, 0.3) is 0 Å². The molecule has 4 nitrogen and oxygen atoms in total. The van der Waals surface area contributed by atoms with Gasteiger partial charge in [0.1, 0.15) is 5.69 Å². The van der Waals surface area contributed by atoms with Gasteiger partial charge in [-0.2, -0.15) is 0 Å². The van der Waals surface area contributed by atoms with Crippen LogP contribution in [0.3, 0.4) is 0 Å². The van der Waals surface area contributed by atoms with Crippen molar-refractivity contribution in [1.29, 1.82) is 0 Å². The molecular formula is C12H17NO3. The fraction of sp³-hybridized carbons (Fsp3) is 0.667. The van der Waals surface area contributed by atoms with Crippen LogP contribution < -0.4 is 20.9 Å². The van der Waals surface area contributed by atoms with Gasteiger partial charge in [-0.05, 0) is 19.8 Å². The third kappa shape index (κ3) is 1.96. The summed E-state index contributed by atoms with van der Waals surface area (Å²) >= 11 is 0. The van der Waals surface area contributed by atoms with Crippen LogP contribution in [0.1, 0.15) is 39.0 Å². The average Bonchev–Trinajstić information content (AvgIpc) is 2.34. The van der Waals surface area contributed by atoms with Gasteiger partial charge in [0.25, 0.3) is 10.9 Å². The predicted octanol–water partition coefficient (Wildman–Crippen LogP) is 1.43. The molecule has 0 aromatic heterocycles. The van der Waals surface area contributed by atoms with Gasteiger partial charge >= 0.3 is 0 Å². The molecule has 1 aromatic rings. The second-order valence-electron chi connectivity index (χ2n) is 4.27. The van der Waals surface area contributed by atoms with E-state index in [0.29, 0.717) is 18.3 Å². The maximum atomic E-state index is 11.4. The van der Waals surface area contributed by atoms with Crippen molar-refractivity contribution in [3.63, 3.8) is 0 Å². The molecule has 0 atom stereocenters. The van der Waals surface area contributed by atoms with Crippen molar-refractivity contribution in [3.8, 4) is 5.75 Å².